The van der Waals surface area contributed by atoms with Crippen molar-refractivity contribution in [2.45, 2.75) is 12.3 Å². The summed E-state index contributed by atoms with van der Waals surface area (Å²) in [6, 6.07) is 22.6. The van der Waals surface area contributed by atoms with E-state index in [1.807, 2.05) is 55.5 Å². The highest BCUT2D eigenvalue weighted by Crippen LogP contribution is 2.41. The number of hydrogen-bond acceptors (Lipinski definition) is 2. The van der Waals surface area contributed by atoms with Crippen LogP contribution in [0.1, 0.15) is 22.4 Å². The average Bonchev–Trinajstić information content (AvgIpc) is 3.01. The van der Waals surface area contributed by atoms with Crippen LogP contribution >= 0.6 is 15.9 Å². The number of aromatic amines is 1. The Morgan fingerprint density at radius 2 is 1.63 bits per heavy atom. The summed E-state index contributed by atoms with van der Waals surface area (Å²) in [5, 5.41) is 10.8. The van der Waals surface area contributed by atoms with E-state index in [2.05, 4.69) is 20.9 Å². The molecular formula is C23H18BrNO2. The first-order valence-electron chi connectivity index (χ1n) is 8.66. The Hall–Kier alpha value is -2.85. The van der Waals surface area contributed by atoms with Gasteiger partial charge in [0.25, 0.3) is 0 Å². The lowest BCUT2D eigenvalue weighted by Crippen LogP contribution is -2.32. The van der Waals surface area contributed by atoms with Gasteiger partial charge in [0.05, 0.1) is 0 Å². The number of aromatic hydroxyl groups is 1. The molecule has 0 spiro atoms. The number of aryl methyl sites for hydroxylation is 1. The van der Waals surface area contributed by atoms with E-state index in [-0.39, 0.29) is 5.75 Å². The zero-order valence-corrected chi connectivity index (χ0v) is 16.3. The second-order valence-electron chi connectivity index (χ2n) is 6.65. The van der Waals surface area contributed by atoms with Crippen LogP contribution in [0, 0.1) is 6.92 Å². The molecule has 4 heteroatoms. The van der Waals surface area contributed by atoms with Gasteiger partial charge in [0, 0.05) is 21.1 Å². The predicted molar refractivity (Wildman–Crippen MR) is 111 cm³/mol. The molecule has 3 aromatic carbocycles. The Labute approximate surface area is 165 Å². The second-order valence-corrected chi connectivity index (χ2v) is 7.57. The van der Waals surface area contributed by atoms with Crippen molar-refractivity contribution in [2.75, 3.05) is 0 Å². The lowest BCUT2D eigenvalue weighted by atomic mass is 9.72. The van der Waals surface area contributed by atoms with Gasteiger partial charge in [0.2, 0.25) is 0 Å². The Balaban J connectivity index is 2.09. The zero-order valence-electron chi connectivity index (χ0n) is 14.7. The molecule has 0 aliphatic carbocycles. The van der Waals surface area contributed by atoms with Crippen LogP contribution in [0.2, 0.25) is 0 Å². The Morgan fingerprint density at radius 1 is 0.963 bits per heavy atom. The zero-order chi connectivity index (χ0) is 19.0. The summed E-state index contributed by atoms with van der Waals surface area (Å²) in [5.41, 5.74) is 3.52. The van der Waals surface area contributed by atoms with Crippen LogP contribution < -0.4 is 0 Å². The van der Waals surface area contributed by atoms with E-state index in [0.717, 1.165) is 44.0 Å². The largest absolute Gasteiger partial charge is 0.508 e. The van der Waals surface area contributed by atoms with Gasteiger partial charge >= 0.3 is 0 Å². The highest BCUT2D eigenvalue weighted by molar-refractivity contribution is 9.10. The fourth-order valence-electron chi connectivity index (χ4n) is 3.78. The molecule has 4 aromatic rings. The van der Waals surface area contributed by atoms with Crippen molar-refractivity contribution in [1.82, 2.24) is 4.98 Å². The van der Waals surface area contributed by atoms with Crippen LogP contribution in [-0.2, 0) is 10.2 Å². The third kappa shape index (κ3) is 2.77. The third-order valence-electron chi connectivity index (χ3n) is 5.14. The number of carbonyl (C=O) groups excluding carboxylic acids is 1. The van der Waals surface area contributed by atoms with Crippen molar-refractivity contribution >= 4 is 33.1 Å². The summed E-state index contributed by atoms with van der Waals surface area (Å²) in [6.07, 6.45) is 0.988. The van der Waals surface area contributed by atoms with Crippen molar-refractivity contribution in [3.8, 4) is 5.75 Å². The first-order valence-corrected chi connectivity index (χ1v) is 9.45. The molecule has 0 aliphatic heterocycles. The van der Waals surface area contributed by atoms with E-state index >= 15 is 0 Å². The average molecular weight is 420 g/mol. The minimum absolute atomic E-state index is 0.170. The number of nitrogens with one attached hydrogen (secondary N) is 1. The van der Waals surface area contributed by atoms with E-state index in [9.17, 15) is 9.90 Å². The fourth-order valence-corrected chi connectivity index (χ4v) is 4.14. The monoisotopic (exact) mass is 419 g/mol. The molecule has 0 unspecified atom stereocenters. The Morgan fingerprint density at radius 3 is 2.30 bits per heavy atom. The highest BCUT2D eigenvalue weighted by atomic mass is 79.9. The van der Waals surface area contributed by atoms with Gasteiger partial charge in [0.15, 0.2) is 0 Å². The summed E-state index contributed by atoms with van der Waals surface area (Å²) in [4.78, 5) is 16.2. The number of benzene rings is 3. The van der Waals surface area contributed by atoms with Gasteiger partial charge in [-0.3, -0.25) is 0 Å². The summed E-state index contributed by atoms with van der Waals surface area (Å²) >= 11 is 3.51. The number of phenolic OH excluding ortho intramolecular Hbond substituents is 1. The van der Waals surface area contributed by atoms with Crippen molar-refractivity contribution in [2.24, 2.45) is 0 Å². The van der Waals surface area contributed by atoms with Gasteiger partial charge in [-0.25, -0.2) is 0 Å². The molecular weight excluding hydrogens is 402 g/mol. The SMILES string of the molecule is Cc1c([C@](C=O)(c2ccccc2)c2ccc(O)cc2)[nH]c2cc(Br)ccc12. The van der Waals surface area contributed by atoms with Gasteiger partial charge in [-0.2, -0.15) is 0 Å². The number of fused-ring (bicyclic) bond motifs is 1. The van der Waals surface area contributed by atoms with E-state index in [1.165, 1.54) is 0 Å². The number of hydrogen-bond donors (Lipinski definition) is 2. The fraction of sp³-hybridized carbons (Fsp3) is 0.0870. The second kappa shape index (κ2) is 6.71. The van der Waals surface area contributed by atoms with Crippen LogP contribution in [0.4, 0.5) is 0 Å². The molecule has 0 saturated heterocycles. The molecule has 1 heterocycles. The molecule has 0 radical (unpaired) electrons. The summed E-state index contributed by atoms with van der Waals surface area (Å²) in [7, 11) is 0. The van der Waals surface area contributed by atoms with Gasteiger partial charge < -0.3 is 14.9 Å². The Kier molecular flexibility index (Phi) is 4.36. The molecule has 1 atom stereocenters. The topological polar surface area (TPSA) is 53.1 Å². The third-order valence-corrected chi connectivity index (χ3v) is 5.64. The molecule has 0 amide bonds. The molecule has 4 rings (SSSR count). The normalized spacial score (nSPS) is 13.4. The van der Waals surface area contributed by atoms with Gasteiger partial charge in [0.1, 0.15) is 17.5 Å². The lowest BCUT2D eigenvalue weighted by molar-refractivity contribution is -0.110. The first-order chi connectivity index (χ1) is 13.1. The van der Waals surface area contributed by atoms with Crippen molar-refractivity contribution in [3.05, 3.63) is 99.7 Å². The van der Waals surface area contributed by atoms with Gasteiger partial charge in [-0.1, -0.05) is 64.5 Å². The highest BCUT2D eigenvalue weighted by Gasteiger charge is 2.39. The van der Waals surface area contributed by atoms with Gasteiger partial charge in [-0.05, 0) is 47.9 Å². The minimum Gasteiger partial charge on any atom is -0.508 e. The molecule has 27 heavy (non-hydrogen) atoms. The van der Waals surface area contributed by atoms with E-state index in [0.29, 0.717) is 0 Å². The number of rotatable bonds is 4. The van der Waals surface area contributed by atoms with E-state index in [4.69, 9.17) is 0 Å². The van der Waals surface area contributed by atoms with Crippen molar-refractivity contribution < 1.29 is 9.90 Å². The number of carbonyl (C=O) groups is 1. The summed E-state index contributed by atoms with van der Waals surface area (Å²) in [5.74, 6) is 0.170. The van der Waals surface area contributed by atoms with E-state index in [1.54, 1.807) is 24.3 Å². The minimum atomic E-state index is -0.995. The summed E-state index contributed by atoms with van der Waals surface area (Å²) < 4.78 is 0.976. The number of aldehydes is 1. The standard InChI is InChI=1S/C23H18BrNO2/c1-15-20-12-9-18(24)13-21(20)25-22(15)23(14-26,16-5-3-2-4-6-16)17-7-10-19(27)11-8-17/h2-14,25,27H,1H3/t23-/m1/s1. The molecule has 2 N–H and O–H groups in total. The number of halogens is 1. The summed E-state index contributed by atoms with van der Waals surface area (Å²) in [6.45, 7) is 2.03. The van der Waals surface area contributed by atoms with E-state index < -0.39 is 5.41 Å². The molecule has 0 aliphatic rings. The van der Waals surface area contributed by atoms with Crippen LogP contribution in [0.15, 0.2) is 77.3 Å². The molecule has 134 valence electrons. The number of aromatic nitrogens is 1. The maximum Gasteiger partial charge on any atom is 0.140 e. The molecule has 0 bridgehead atoms. The maximum absolute atomic E-state index is 12.7. The molecule has 1 aromatic heterocycles. The van der Waals surface area contributed by atoms with Crippen LogP contribution in [0.25, 0.3) is 10.9 Å². The van der Waals surface area contributed by atoms with Crippen LogP contribution in [-0.4, -0.2) is 16.4 Å². The predicted octanol–water partition coefficient (Wildman–Crippen LogP) is 5.48. The number of H-pyrrole nitrogens is 1. The van der Waals surface area contributed by atoms with Crippen molar-refractivity contribution in [1.29, 1.82) is 0 Å². The first kappa shape index (κ1) is 17.6. The van der Waals surface area contributed by atoms with Gasteiger partial charge in [-0.15, -0.1) is 0 Å². The smallest absolute Gasteiger partial charge is 0.140 e. The number of phenols is 1. The lowest BCUT2D eigenvalue weighted by Gasteiger charge is -2.29. The molecule has 3 nitrogen and oxygen atoms in total. The van der Waals surface area contributed by atoms with Crippen molar-refractivity contribution in [3.63, 3.8) is 0 Å². The molecule has 0 fully saturated rings. The Bertz CT molecular complexity index is 1120. The molecule has 0 saturated carbocycles. The quantitative estimate of drug-likeness (QED) is 0.430. The van der Waals surface area contributed by atoms with Crippen LogP contribution in [0.5, 0.6) is 5.75 Å². The van der Waals surface area contributed by atoms with Crippen LogP contribution in [0.3, 0.4) is 0 Å². The maximum atomic E-state index is 12.7.